The first kappa shape index (κ1) is 13.1. The number of benzene rings is 1. The summed E-state index contributed by atoms with van der Waals surface area (Å²) < 4.78 is 23.6. The van der Waals surface area contributed by atoms with Gasteiger partial charge < -0.3 is 4.74 Å². The van der Waals surface area contributed by atoms with Crippen LogP contribution in [0.5, 0.6) is 5.88 Å². The molecule has 0 radical (unpaired) electrons. The van der Waals surface area contributed by atoms with E-state index in [4.69, 9.17) is 4.74 Å². The SMILES string of the molecule is Fc1cc(-c2cnn3c2OCCC3)ccc1Cn1cccn1. The van der Waals surface area contributed by atoms with Gasteiger partial charge in [-0.05, 0) is 17.7 Å². The molecule has 0 spiro atoms. The molecule has 0 fully saturated rings. The zero-order valence-corrected chi connectivity index (χ0v) is 11.9. The van der Waals surface area contributed by atoms with Crippen molar-refractivity contribution in [3.63, 3.8) is 0 Å². The van der Waals surface area contributed by atoms with Crippen molar-refractivity contribution in [1.82, 2.24) is 19.6 Å². The quantitative estimate of drug-likeness (QED) is 0.747. The number of fused-ring (bicyclic) bond motifs is 1. The minimum Gasteiger partial charge on any atom is -0.477 e. The van der Waals surface area contributed by atoms with Crippen molar-refractivity contribution >= 4 is 0 Å². The van der Waals surface area contributed by atoms with Gasteiger partial charge >= 0.3 is 0 Å². The first-order chi connectivity index (χ1) is 10.8. The fraction of sp³-hybridized carbons (Fsp3) is 0.250. The van der Waals surface area contributed by atoms with E-state index >= 15 is 0 Å². The highest BCUT2D eigenvalue weighted by molar-refractivity contribution is 5.68. The Bertz CT molecular complexity index is 795. The van der Waals surface area contributed by atoms with E-state index in [2.05, 4.69) is 10.2 Å². The van der Waals surface area contributed by atoms with E-state index in [-0.39, 0.29) is 5.82 Å². The third kappa shape index (κ3) is 2.26. The molecular formula is C16H15FN4O. The lowest BCUT2D eigenvalue weighted by molar-refractivity contribution is 0.231. The summed E-state index contributed by atoms with van der Waals surface area (Å²) in [5.41, 5.74) is 2.23. The summed E-state index contributed by atoms with van der Waals surface area (Å²) in [6, 6.07) is 7.05. The van der Waals surface area contributed by atoms with E-state index in [0.717, 1.165) is 30.0 Å². The van der Waals surface area contributed by atoms with Gasteiger partial charge in [0.2, 0.25) is 5.88 Å². The minimum atomic E-state index is -0.247. The van der Waals surface area contributed by atoms with Crippen LogP contribution in [0, 0.1) is 5.82 Å². The lowest BCUT2D eigenvalue weighted by atomic mass is 10.1. The highest BCUT2D eigenvalue weighted by atomic mass is 19.1. The van der Waals surface area contributed by atoms with E-state index in [1.54, 1.807) is 23.1 Å². The maximum Gasteiger partial charge on any atom is 0.219 e. The van der Waals surface area contributed by atoms with Gasteiger partial charge in [0.15, 0.2) is 0 Å². The highest BCUT2D eigenvalue weighted by Gasteiger charge is 2.18. The second kappa shape index (κ2) is 5.29. The van der Waals surface area contributed by atoms with Gasteiger partial charge in [-0.3, -0.25) is 4.68 Å². The number of aryl methyl sites for hydroxylation is 1. The van der Waals surface area contributed by atoms with Crippen LogP contribution in [0.15, 0.2) is 42.9 Å². The maximum atomic E-state index is 14.4. The fourth-order valence-corrected chi connectivity index (χ4v) is 2.68. The van der Waals surface area contributed by atoms with E-state index in [1.165, 1.54) is 6.07 Å². The number of hydrogen-bond acceptors (Lipinski definition) is 3. The topological polar surface area (TPSA) is 44.9 Å². The minimum absolute atomic E-state index is 0.247. The third-order valence-electron chi connectivity index (χ3n) is 3.80. The summed E-state index contributed by atoms with van der Waals surface area (Å²) in [6.07, 6.45) is 6.19. The number of nitrogens with zero attached hydrogens (tertiary/aromatic N) is 4. The molecule has 0 unspecified atom stereocenters. The first-order valence-corrected chi connectivity index (χ1v) is 7.26. The van der Waals surface area contributed by atoms with E-state index in [9.17, 15) is 4.39 Å². The predicted molar refractivity (Wildman–Crippen MR) is 79.1 cm³/mol. The lowest BCUT2D eigenvalue weighted by Gasteiger charge is -2.16. The molecule has 3 aromatic rings. The molecule has 22 heavy (non-hydrogen) atoms. The highest BCUT2D eigenvalue weighted by Crippen LogP contribution is 2.32. The van der Waals surface area contributed by atoms with Crippen molar-refractivity contribution in [2.45, 2.75) is 19.5 Å². The Morgan fingerprint density at radius 2 is 2.23 bits per heavy atom. The Hall–Kier alpha value is -2.63. The summed E-state index contributed by atoms with van der Waals surface area (Å²) in [6.45, 7) is 1.94. The van der Waals surface area contributed by atoms with Crippen LogP contribution in [-0.4, -0.2) is 26.2 Å². The second-order valence-electron chi connectivity index (χ2n) is 5.30. The normalized spacial score (nSPS) is 13.7. The molecule has 1 aliphatic heterocycles. The van der Waals surface area contributed by atoms with Gasteiger partial charge in [-0.2, -0.15) is 10.2 Å². The average Bonchev–Trinajstić information content (AvgIpc) is 3.18. The second-order valence-corrected chi connectivity index (χ2v) is 5.30. The molecule has 0 N–H and O–H groups in total. The van der Waals surface area contributed by atoms with Crippen LogP contribution >= 0.6 is 0 Å². The molecule has 4 rings (SSSR count). The standard InChI is InChI=1S/C16H15FN4O/c17-15-9-12(3-4-13(15)11-20-6-1-5-18-20)14-10-19-21-7-2-8-22-16(14)21/h1,3-6,9-10H,2,7-8,11H2. The fourth-order valence-electron chi connectivity index (χ4n) is 2.68. The molecule has 5 nitrogen and oxygen atoms in total. The molecule has 0 amide bonds. The number of rotatable bonds is 3. The van der Waals surface area contributed by atoms with Crippen molar-refractivity contribution in [3.8, 4) is 17.0 Å². The smallest absolute Gasteiger partial charge is 0.219 e. The molecule has 6 heteroatoms. The molecule has 0 atom stereocenters. The Morgan fingerprint density at radius 1 is 1.27 bits per heavy atom. The molecule has 1 aromatic carbocycles. The maximum absolute atomic E-state index is 14.4. The zero-order chi connectivity index (χ0) is 14.9. The van der Waals surface area contributed by atoms with E-state index < -0.39 is 0 Å². The van der Waals surface area contributed by atoms with Gasteiger partial charge in [-0.1, -0.05) is 12.1 Å². The van der Waals surface area contributed by atoms with E-state index in [1.807, 2.05) is 23.0 Å². The first-order valence-electron chi connectivity index (χ1n) is 7.26. The number of halogens is 1. The van der Waals surface area contributed by atoms with Crippen LogP contribution in [0.3, 0.4) is 0 Å². The Balaban J connectivity index is 1.66. The average molecular weight is 298 g/mol. The Morgan fingerprint density at radius 3 is 3.05 bits per heavy atom. The van der Waals surface area contributed by atoms with E-state index in [0.29, 0.717) is 18.7 Å². The summed E-state index contributed by atoms with van der Waals surface area (Å²) >= 11 is 0. The predicted octanol–water partition coefficient (Wildman–Crippen LogP) is 2.72. The van der Waals surface area contributed by atoms with Gasteiger partial charge in [0.05, 0.1) is 24.9 Å². The van der Waals surface area contributed by atoms with Crippen LogP contribution < -0.4 is 4.74 Å². The van der Waals surface area contributed by atoms with Crippen molar-refractivity contribution in [2.24, 2.45) is 0 Å². The summed E-state index contributed by atoms with van der Waals surface area (Å²) in [7, 11) is 0. The molecule has 0 saturated heterocycles. The molecule has 2 aromatic heterocycles. The van der Waals surface area contributed by atoms with Crippen LogP contribution in [0.1, 0.15) is 12.0 Å². The van der Waals surface area contributed by atoms with Crippen LogP contribution in [0.4, 0.5) is 4.39 Å². The molecule has 1 aliphatic rings. The van der Waals surface area contributed by atoms with Crippen molar-refractivity contribution < 1.29 is 9.13 Å². The Kier molecular flexibility index (Phi) is 3.14. The van der Waals surface area contributed by atoms with Crippen LogP contribution in [0.2, 0.25) is 0 Å². The zero-order valence-electron chi connectivity index (χ0n) is 11.9. The molecule has 112 valence electrons. The van der Waals surface area contributed by atoms with Crippen molar-refractivity contribution in [3.05, 3.63) is 54.2 Å². The molecule has 3 heterocycles. The van der Waals surface area contributed by atoms with Crippen molar-refractivity contribution in [2.75, 3.05) is 6.61 Å². The number of hydrogen-bond donors (Lipinski definition) is 0. The van der Waals surface area contributed by atoms with Gasteiger partial charge in [-0.15, -0.1) is 0 Å². The number of ether oxygens (including phenoxy) is 1. The summed E-state index contributed by atoms with van der Waals surface area (Å²) in [5, 5.41) is 8.40. The summed E-state index contributed by atoms with van der Waals surface area (Å²) in [4.78, 5) is 0. The van der Waals surface area contributed by atoms with Crippen LogP contribution in [-0.2, 0) is 13.1 Å². The molecule has 0 bridgehead atoms. The van der Waals surface area contributed by atoms with Gasteiger partial charge in [0.1, 0.15) is 5.82 Å². The van der Waals surface area contributed by atoms with Gasteiger partial charge in [0, 0.05) is 30.9 Å². The monoisotopic (exact) mass is 298 g/mol. The van der Waals surface area contributed by atoms with Crippen molar-refractivity contribution in [1.29, 1.82) is 0 Å². The summed E-state index contributed by atoms with van der Waals surface area (Å²) in [5.74, 6) is 0.481. The number of aromatic nitrogens is 4. The Labute approximate surface area is 126 Å². The molecule has 0 aliphatic carbocycles. The van der Waals surface area contributed by atoms with Crippen LogP contribution in [0.25, 0.3) is 11.1 Å². The van der Waals surface area contributed by atoms with Gasteiger partial charge in [-0.25, -0.2) is 9.07 Å². The molecular weight excluding hydrogens is 283 g/mol. The lowest BCUT2D eigenvalue weighted by Crippen LogP contribution is -2.14. The van der Waals surface area contributed by atoms with Gasteiger partial charge in [0.25, 0.3) is 0 Å². The largest absolute Gasteiger partial charge is 0.477 e. The molecule has 0 saturated carbocycles. The third-order valence-corrected chi connectivity index (χ3v) is 3.80.